The summed E-state index contributed by atoms with van der Waals surface area (Å²) < 4.78 is 25.9. The number of fused-ring (bicyclic) bond motifs is 1. The third-order valence-corrected chi connectivity index (χ3v) is 4.34. The molecule has 0 aliphatic heterocycles. The minimum atomic E-state index is -0.735. The zero-order chi connectivity index (χ0) is 23.1. The van der Waals surface area contributed by atoms with Gasteiger partial charge in [-0.1, -0.05) is 49.4 Å². The molecule has 1 aliphatic rings. The number of alkyl halides is 1. The van der Waals surface area contributed by atoms with Crippen LogP contribution in [0.25, 0.3) is 0 Å². The monoisotopic (exact) mass is 422 g/mol. The Kier molecular flexibility index (Phi) is 11.9. The molecule has 0 radical (unpaired) electrons. The number of carbonyl (C=O) groups is 1. The van der Waals surface area contributed by atoms with E-state index in [-0.39, 0.29) is 17.7 Å². The molecule has 0 spiro atoms. The van der Waals surface area contributed by atoms with Gasteiger partial charge in [0.25, 0.3) is 0 Å². The predicted octanol–water partition coefficient (Wildman–Crippen LogP) is 5.80. The van der Waals surface area contributed by atoms with Gasteiger partial charge >= 0.3 is 0 Å². The van der Waals surface area contributed by atoms with Gasteiger partial charge in [-0.2, -0.15) is 4.39 Å². The number of aldehydes is 1. The molecule has 1 aromatic carbocycles. The molecule has 0 atom stereocenters. The van der Waals surface area contributed by atoms with E-state index in [9.17, 15) is 13.6 Å². The minimum Gasteiger partial charge on any atom is -0.399 e. The molecule has 2 N–H and O–H groups in total. The van der Waals surface area contributed by atoms with E-state index in [0.717, 1.165) is 11.8 Å². The Balaban J connectivity index is 0.000000391. The number of nitrogen functional groups attached to an aromatic ring is 1. The van der Waals surface area contributed by atoms with E-state index in [4.69, 9.17) is 5.73 Å². The van der Waals surface area contributed by atoms with Crippen LogP contribution in [-0.2, 0) is 17.6 Å². The molecular formula is C26H28F2N2O. The molecular weight excluding hydrogens is 394 g/mol. The average molecular weight is 423 g/mol. The number of carbonyl (C=O) groups excluding carboxylic acids is 1. The fourth-order valence-electron chi connectivity index (χ4n) is 2.86. The lowest BCUT2D eigenvalue weighted by molar-refractivity contribution is -0.104. The van der Waals surface area contributed by atoms with Crippen molar-refractivity contribution in [1.82, 2.24) is 0 Å². The summed E-state index contributed by atoms with van der Waals surface area (Å²) in [6, 6.07) is 6.24. The van der Waals surface area contributed by atoms with E-state index in [2.05, 4.69) is 42.1 Å². The van der Waals surface area contributed by atoms with Crippen LogP contribution in [0.5, 0.6) is 0 Å². The molecule has 0 unspecified atom stereocenters. The lowest BCUT2D eigenvalue weighted by Gasteiger charge is -2.01. The highest BCUT2D eigenvalue weighted by Gasteiger charge is 2.09. The first kappa shape index (κ1) is 25.5. The smallest absolute Gasteiger partial charge is 0.182 e. The Morgan fingerprint density at radius 1 is 1.32 bits per heavy atom. The maximum atomic E-state index is 13.7. The molecule has 2 rings (SSSR count). The highest BCUT2D eigenvalue weighted by atomic mass is 19.1. The van der Waals surface area contributed by atoms with Crippen LogP contribution in [0, 0.1) is 11.8 Å². The van der Waals surface area contributed by atoms with Crippen molar-refractivity contribution in [2.75, 3.05) is 12.4 Å². The topological polar surface area (TPSA) is 55.5 Å². The average Bonchev–Trinajstić information content (AvgIpc) is 3.21. The molecule has 0 heterocycles. The van der Waals surface area contributed by atoms with Gasteiger partial charge in [0.1, 0.15) is 13.0 Å². The fourth-order valence-corrected chi connectivity index (χ4v) is 2.86. The van der Waals surface area contributed by atoms with Gasteiger partial charge in [0.05, 0.1) is 5.70 Å². The Morgan fingerprint density at radius 3 is 2.71 bits per heavy atom. The highest BCUT2D eigenvalue weighted by Crippen LogP contribution is 2.23. The van der Waals surface area contributed by atoms with Crippen molar-refractivity contribution in [1.29, 1.82) is 0 Å². The molecule has 1 aromatic rings. The van der Waals surface area contributed by atoms with Crippen LogP contribution < -0.4 is 5.73 Å². The molecule has 0 saturated carbocycles. The van der Waals surface area contributed by atoms with Crippen LogP contribution in [0.3, 0.4) is 0 Å². The fraction of sp³-hybridized carbons (Fsp3) is 0.231. The molecule has 0 fully saturated rings. The molecule has 0 bridgehead atoms. The number of anilines is 1. The first-order valence-electron chi connectivity index (χ1n) is 9.87. The lowest BCUT2D eigenvalue weighted by Crippen LogP contribution is -1.90. The van der Waals surface area contributed by atoms with Crippen molar-refractivity contribution in [2.24, 2.45) is 4.99 Å². The number of hydrogen-bond donors (Lipinski definition) is 1. The third-order valence-electron chi connectivity index (χ3n) is 4.34. The van der Waals surface area contributed by atoms with E-state index >= 15 is 0 Å². The molecule has 0 saturated heterocycles. The number of hydrogen-bond acceptors (Lipinski definition) is 3. The molecule has 0 amide bonds. The lowest BCUT2D eigenvalue weighted by atomic mass is 10.1. The third kappa shape index (κ3) is 9.22. The van der Waals surface area contributed by atoms with Gasteiger partial charge in [-0.3, -0.25) is 9.79 Å². The van der Waals surface area contributed by atoms with Crippen molar-refractivity contribution >= 4 is 18.2 Å². The highest BCUT2D eigenvalue weighted by molar-refractivity contribution is 5.81. The molecule has 0 aromatic heterocycles. The summed E-state index contributed by atoms with van der Waals surface area (Å²) >= 11 is 0. The summed E-state index contributed by atoms with van der Waals surface area (Å²) in [5, 5.41) is 0. The van der Waals surface area contributed by atoms with Crippen LogP contribution in [0.2, 0.25) is 0 Å². The molecule has 162 valence electrons. The van der Waals surface area contributed by atoms with Gasteiger partial charge in [-0.15, -0.1) is 0 Å². The zero-order valence-corrected chi connectivity index (χ0v) is 17.8. The van der Waals surface area contributed by atoms with E-state index in [0.29, 0.717) is 11.9 Å². The van der Waals surface area contributed by atoms with Crippen molar-refractivity contribution in [2.45, 2.75) is 32.6 Å². The van der Waals surface area contributed by atoms with Crippen molar-refractivity contribution in [3.63, 3.8) is 0 Å². The Morgan fingerprint density at radius 2 is 2.06 bits per heavy atom. The first-order valence-corrected chi connectivity index (χ1v) is 9.87. The Hall–Kier alpha value is -3.52. The van der Waals surface area contributed by atoms with Gasteiger partial charge in [-0.05, 0) is 60.9 Å². The number of benzene rings is 1. The maximum absolute atomic E-state index is 13.7. The number of aryl methyl sites for hydroxylation is 2. The molecule has 5 heteroatoms. The van der Waals surface area contributed by atoms with Gasteiger partial charge in [-0.25, -0.2) is 4.39 Å². The van der Waals surface area contributed by atoms with Gasteiger partial charge in [0.15, 0.2) is 5.83 Å². The summed E-state index contributed by atoms with van der Waals surface area (Å²) in [7, 11) is 0. The zero-order valence-electron chi connectivity index (χ0n) is 17.8. The predicted molar refractivity (Wildman–Crippen MR) is 126 cm³/mol. The number of halogens is 2. The van der Waals surface area contributed by atoms with Crippen molar-refractivity contribution < 1.29 is 13.6 Å². The standard InChI is InChI=1S/C17H17F2NO.C9H11N/c1-4-7-15(13-21)10-12-20-14(3)16(9-6-11-18)17(19)8-5-2;10-9-5-4-7-2-1-3-8(7)6-9/h4,6-7,9,12-13H,1,3,10-11H2,2H3;4-6H,1-3,10H2/b9-6-,15-7+,17-16-,20-12?;. The molecule has 31 heavy (non-hydrogen) atoms. The van der Waals surface area contributed by atoms with Crippen LogP contribution in [0.15, 0.2) is 83.3 Å². The summed E-state index contributed by atoms with van der Waals surface area (Å²) in [6.07, 6.45) is 11.5. The summed E-state index contributed by atoms with van der Waals surface area (Å²) in [4.78, 5) is 14.7. The quantitative estimate of drug-likeness (QED) is 0.144. The van der Waals surface area contributed by atoms with Gasteiger partial charge < -0.3 is 5.73 Å². The van der Waals surface area contributed by atoms with E-state index in [1.165, 1.54) is 55.7 Å². The van der Waals surface area contributed by atoms with E-state index in [1.807, 2.05) is 6.07 Å². The first-order chi connectivity index (χ1) is 15.0. The van der Waals surface area contributed by atoms with E-state index < -0.39 is 12.5 Å². The summed E-state index contributed by atoms with van der Waals surface area (Å²) in [6.45, 7) is 7.85. The second kappa shape index (κ2) is 14.5. The second-order valence-electron chi connectivity index (χ2n) is 6.60. The Bertz CT molecular complexity index is 973. The Labute approximate surface area is 183 Å². The number of rotatable bonds is 8. The minimum absolute atomic E-state index is 0.0126. The second-order valence-corrected chi connectivity index (χ2v) is 6.60. The van der Waals surface area contributed by atoms with Crippen LogP contribution in [0.4, 0.5) is 14.5 Å². The SMILES string of the molecule is C=C/C=C(/C=O)CC=NC(=C)C(/C=C\CF)=C(\F)C#CC.Nc1ccc2c(c1)CCC2. The van der Waals surface area contributed by atoms with Crippen molar-refractivity contribution in [3.8, 4) is 11.8 Å². The number of nitrogens with two attached hydrogens (primary N) is 1. The summed E-state index contributed by atoms with van der Waals surface area (Å²) in [5.41, 5.74) is 10.1. The van der Waals surface area contributed by atoms with Crippen LogP contribution in [-0.4, -0.2) is 19.2 Å². The van der Waals surface area contributed by atoms with Gasteiger partial charge in [0, 0.05) is 23.9 Å². The largest absolute Gasteiger partial charge is 0.399 e. The van der Waals surface area contributed by atoms with Crippen molar-refractivity contribution in [3.05, 3.63) is 89.5 Å². The number of allylic oxidation sites excluding steroid dienone is 6. The summed E-state index contributed by atoms with van der Waals surface area (Å²) in [5.74, 6) is 3.91. The van der Waals surface area contributed by atoms with Gasteiger partial charge in [0.2, 0.25) is 0 Å². The van der Waals surface area contributed by atoms with Crippen LogP contribution >= 0.6 is 0 Å². The number of aliphatic imine (C=N–C) groups is 1. The normalized spacial score (nSPS) is 13.6. The molecule has 1 aliphatic carbocycles. The molecule has 3 nitrogen and oxygen atoms in total. The number of nitrogens with zero attached hydrogens (tertiary/aromatic N) is 1. The van der Waals surface area contributed by atoms with E-state index in [1.54, 1.807) is 6.08 Å². The van der Waals surface area contributed by atoms with Crippen LogP contribution in [0.1, 0.15) is 30.9 Å². The maximum Gasteiger partial charge on any atom is 0.182 e.